The smallest absolute Gasteiger partial charge is 0.317 e. The Morgan fingerprint density at radius 2 is 1.74 bits per heavy atom. The van der Waals surface area contributed by atoms with Crippen molar-refractivity contribution < 1.29 is 29.4 Å². The Kier molecular flexibility index (Phi) is 6.68. The number of carbonyl (C=O) groups is 4. The highest BCUT2D eigenvalue weighted by Crippen LogP contribution is 2.12. The van der Waals surface area contributed by atoms with E-state index < -0.39 is 48.8 Å². The van der Waals surface area contributed by atoms with E-state index in [9.17, 15) is 19.2 Å². The maximum Gasteiger partial charge on any atom is 0.317 e. The Labute approximate surface area is 131 Å². The molecule has 0 unspecified atom stereocenters. The van der Waals surface area contributed by atoms with Crippen LogP contribution in [-0.2, 0) is 19.2 Å². The van der Waals surface area contributed by atoms with Gasteiger partial charge in [0.25, 0.3) is 0 Å². The number of nitrogens with two attached hydrogens (primary N) is 1. The number of carboxylic acids is 1. The molecule has 0 radical (unpaired) electrons. The van der Waals surface area contributed by atoms with Gasteiger partial charge >= 0.3 is 5.97 Å². The average Bonchev–Trinajstić information content (AvgIpc) is 2.52. The third kappa shape index (κ3) is 5.40. The standard InChI is InChI=1S/C14H17N3O6/c15-12(20)9(14(22)23)6-16-13(21)11(17-10(19)7-18)8-4-2-1-3-5-8/h1-5,9,11,18H,6-7H2,(H2,15,20)(H,16,21)(H,17,19)(H,22,23)/t9-,11+/m0/s1. The Bertz CT molecular complexity index is 575. The molecule has 9 nitrogen and oxygen atoms in total. The lowest BCUT2D eigenvalue weighted by Crippen LogP contribution is -2.45. The van der Waals surface area contributed by atoms with E-state index in [1.54, 1.807) is 30.3 Å². The highest BCUT2D eigenvalue weighted by atomic mass is 16.4. The van der Waals surface area contributed by atoms with Gasteiger partial charge in [0.05, 0.1) is 0 Å². The molecular formula is C14H17N3O6. The summed E-state index contributed by atoms with van der Waals surface area (Å²) in [6.07, 6.45) is 0. The predicted molar refractivity (Wildman–Crippen MR) is 77.7 cm³/mol. The number of amides is 3. The van der Waals surface area contributed by atoms with Gasteiger partial charge in [0.2, 0.25) is 17.7 Å². The zero-order valence-electron chi connectivity index (χ0n) is 12.1. The van der Waals surface area contributed by atoms with Crippen molar-refractivity contribution in [3.63, 3.8) is 0 Å². The van der Waals surface area contributed by atoms with E-state index in [1.807, 2.05) is 0 Å². The van der Waals surface area contributed by atoms with Gasteiger partial charge in [-0.25, -0.2) is 0 Å². The van der Waals surface area contributed by atoms with Crippen LogP contribution in [0.2, 0.25) is 0 Å². The number of rotatable bonds is 8. The van der Waals surface area contributed by atoms with Gasteiger partial charge < -0.3 is 26.6 Å². The molecule has 0 fully saturated rings. The predicted octanol–water partition coefficient (Wildman–Crippen LogP) is -1.86. The van der Waals surface area contributed by atoms with E-state index in [0.29, 0.717) is 5.56 Å². The first-order chi connectivity index (χ1) is 10.9. The number of aliphatic carboxylic acids is 1. The molecule has 0 spiro atoms. The van der Waals surface area contributed by atoms with Crippen molar-refractivity contribution in [1.29, 1.82) is 0 Å². The fraction of sp³-hybridized carbons (Fsp3) is 0.286. The summed E-state index contributed by atoms with van der Waals surface area (Å²) >= 11 is 0. The van der Waals surface area contributed by atoms with Crippen molar-refractivity contribution >= 4 is 23.7 Å². The summed E-state index contributed by atoms with van der Waals surface area (Å²) in [6.45, 7) is -1.32. The number of aliphatic hydroxyl groups is 1. The largest absolute Gasteiger partial charge is 0.481 e. The fourth-order valence-electron chi connectivity index (χ4n) is 1.77. The highest BCUT2D eigenvalue weighted by Gasteiger charge is 2.27. The van der Waals surface area contributed by atoms with E-state index in [0.717, 1.165) is 0 Å². The molecule has 6 N–H and O–H groups in total. The van der Waals surface area contributed by atoms with E-state index >= 15 is 0 Å². The minimum atomic E-state index is -1.58. The summed E-state index contributed by atoms with van der Waals surface area (Å²) in [4.78, 5) is 45.4. The summed E-state index contributed by atoms with van der Waals surface area (Å²) in [5.41, 5.74) is 5.37. The molecule has 0 saturated carbocycles. The number of aliphatic hydroxyl groups excluding tert-OH is 1. The van der Waals surface area contributed by atoms with Gasteiger partial charge in [0.1, 0.15) is 12.6 Å². The van der Waals surface area contributed by atoms with E-state index in [4.69, 9.17) is 15.9 Å². The molecule has 0 saturated heterocycles. The van der Waals surface area contributed by atoms with Gasteiger partial charge in [-0.2, -0.15) is 0 Å². The molecule has 0 bridgehead atoms. The topological polar surface area (TPSA) is 159 Å². The number of hydrogen-bond acceptors (Lipinski definition) is 5. The first-order valence-electron chi connectivity index (χ1n) is 6.61. The molecule has 0 aliphatic heterocycles. The first kappa shape index (κ1) is 18.1. The Morgan fingerprint density at radius 1 is 1.13 bits per heavy atom. The lowest BCUT2D eigenvalue weighted by Gasteiger charge is -2.19. The summed E-state index contributed by atoms with van der Waals surface area (Å²) < 4.78 is 0. The molecule has 0 heterocycles. The minimum absolute atomic E-state index is 0.428. The highest BCUT2D eigenvalue weighted by molar-refractivity contribution is 5.97. The maximum absolute atomic E-state index is 12.2. The second-order valence-electron chi connectivity index (χ2n) is 4.61. The average molecular weight is 323 g/mol. The Balaban J connectivity index is 2.86. The maximum atomic E-state index is 12.2. The molecule has 1 rings (SSSR count). The van der Waals surface area contributed by atoms with Crippen LogP contribution in [0.15, 0.2) is 30.3 Å². The van der Waals surface area contributed by atoms with Crippen molar-refractivity contribution in [2.75, 3.05) is 13.2 Å². The monoisotopic (exact) mass is 323 g/mol. The van der Waals surface area contributed by atoms with Crippen LogP contribution in [0.25, 0.3) is 0 Å². The summed E-state index contributed by atoms with van der Waals surface area (Å²) in [5, 5.41) is 22.2. The molecule has 1 aromatic carbocycles. The van der Waals surface area contributed by atoms with Crippen LogP contribution < -0.4 is 16.4 Å². The van der Waals surface area contributed by atoms with Crippen molar-refractivity contribution in [2.24, 2.45) is 11.7 Å². The second-order valence-corrected chi connectivity index (χ2v) is 4.61. The van der Waals surface area contributed by atoms with E-state index in [-0.39, 0.29) is 0 Å². The summed E-state index contributed by atoms with van der Waals surface area (Å²) in [6, 6.07) is 7.00. The molecule has 0 aliphatic rings. The second kappa shape index (κ2) is 8.49. The number of benzene rings is 1. The minimum Gasteiger partial charge on any atom is -0.481 e. The molecule has 124 valence electrons. The van der Waals surface area contributed by atoms with Crippen LogP contribution in [0.4, 0.5) is 0 Å². The van der Waals surface area contributed by atoms with Crippen LogP contribution in [-0.4, -0.2) is 47.1 Å². The third-order valence-corrected chi connectivity index (χ3v) is 2.97. The van der Waals surface area contributed by atoms with Crippen molar-refractivity contribution in [2.45, 2.75) is 6.04 Å². The van der Waals surface area contributed by atoms with Crippen LogP contribution in [0.3, 0.4) is 0 Å². The normalized spacial score (nSPS) is 12.7. The lowest BCUT2D eigenvalue weighted by molar-refractivity contribution is -0.146. The van der Waals surface area contributed by atoms with Gasteiger partial charge in [-0.1, -0.05) is 30.3 Å². The number of hydrogen-bond donors (Lipinski definition) is 5. The molecule has 1 aromatic rings. The number of carbonyl (C=O) groups excluding carboxylic acids is 3. The van der Waals surface area contributed by atoms with Crippen LogP contribution in [0.5, 0.6) is 0 Å². The van der Waals surface area contributed by atoms with Crippen molar-refractivity contribution in [1.82, 2.24) is 10.6 Å². The SMILES string of the molecule is NC(=O)[C@H](CNC(=O)[C@H](NC(=O)CO)c1ccccc1)C(=O)O. The van der Waals surface area contributed by atoms with Crippen molar-refractivity contribution in [3.05, 3.63) is 35.9 Å². The molecule has 23 heavy (non-hydrogen) atoms. The summed E-state index contributed by atoms with van der Waals surface area (Å²) in [7, 11) is 0. The van der Waals surface area contributed by atoms with Gasteiger partial charge in [-0.3, -0.25) is 19.2 Å². The Morgan fingerprint density at radius 3 is 2.22 bits per heavy atom. The van der Waals surface area contributed by atoms with E-state index in [1.165, 1.54) is 0 Å². The van der Waals surface area contributed by atoms with Crippen LogP contribution in [0.1, 0.15) is 11.6 Å². The third-order valence-electron chi connectivity index (χ3n) is 2.97. The Hall–Kier alpha value is -2.94. The number of nitrogens with one attached hydrogen (secondary N) is 2. The van der Waals surface area contributed by atoms with Crippen molar-refractivity contribution in [3.8, 4) is 0 Å². The zero-order valence-corrected chi connectivity index (χ0v) is 12.1. The molecule has 9 heteroatoms. The molecule has 3 amide bonds. The molecule has 2 atom stereocenters. The van der Waals surface area contributed by atoms with Gasteiger partial charge in [0.15, 0.2) is 5.92 Å². The summed E-state index contributed by atoms with van der Waals surface area (Å²) in [5.74, 6) is -5.64. The van der Waals surface area contributed by atoms with Gasteiger partial charge in [0, 0.05) is 6.54 Å². The lowest BCUT2D eigenvalue weighted by atomic mass is 10.1. The van der Waals surface area contributed by atoms with Crippen LogP contribution >= 0.6 is 0 Å². The number of primary amides is 1. The molecular weight excluding hydrogens is 306 g/mol. The van der Waals surface area contributed by atoms with E-state index in [2.05, 4.69) is 10.6 Å². The van der Waals surface area contributed by atoms with Gasteiger partial charge in [-0.05, 0) is 5.56 Å². The zero-order chi connectivity index (χ0) is 17.4. The first-order valence-corrected chi connectivity index (χ1v) is 6.61. The fourth-order valence-corrected chi connectivity index (χ4v) is 1.77. The van der Waals surface area contributed by atoms with Gasteiger partial charge in [-0.15, -0.1) is 0 Å². The molecule has 0 aliphatic carbocycles. The van der Waals surface area contributed by atoms with Crippen LogP contribution in [0, 0.1) is 5.92 Å². The number of carboxylic acid groups (broad SMARTS) is 1. The quantitative estimate of drug-likeness (QED) is 0.353. The molecule has 0 aromatic heterocycles.